The van der Waals surface area contributed by atoms with Crippen LogP contribution in [-0.4, -0.2) is 34.9 Å². The molecule has 0 atom stereocenters. The fourth-order valence-electron chi connectivity index (χ4n) is 1.94. The third kappa shape index (κ3) is 2.75. The summed E-state index contributed by atoms with van der Waals surface area (Å²) in [6.45, 7) is 7.48. The number of rotatable bonds is 3. The molecule has 1 aliphatic rings. The molecule has 1 aromatic heterocycles. The Labute approximate surface area is 102 Å². The standard InChI is InChI=1S/C13H19N3O/c1-9(2)13(17)16-7-11(8-16)15-12-6-10(3)4-5-14-12/h4-6,9,11H,7-8H2,1-3H3,(H,14,15). The SMILES string of the molecule is Cc1ccnc(NC2CN(C(=O)C(C)C)C2)c1. The predicted octanol–water partition coefficient (Wildman–Crippen LogP) is 1.67. The second-order valence-corrected chi connectivity index (χ2v) is 4.96. The number of carbonyl (C=O) groups excluding carboxylic acids is 1. The molecule has 0 radical (unpaired) electrons. The molecule has 0 spiro atoms. The van der Waals surface area contributed by atoms with Gasteiger partial charge >= 0.3 is 0 Å². The first-order valence-electron chi connectivity index (χ1n) is 6.04. The average molecular weight is 233 g/mol. The summed E-state index contributed by atoms with van der Waals surface area (Å²) in [4.78, 5) is 17.8. The molecule has 1 aromatic rings. The maximum absolute atomic E-state index is 11.7. The highest BCUT2D eigenvalue weighted by Crippen LogP contribution is 2.16. The predicted molar refractivity (Wildman–Crippen MR) is 67.8 cm³/mol. The van der Waals surface area contributed by atoms with Crippen molar-refractivity contribution >= 4 is 11.7 Å². The summed E-state index contributed by atoms with van der Waals surface area (Å²) < 4.78 is 0. The van der Waals surface area contributed by atoms with Crippen LogP contribution in [0, 0.1) is 12.8 Å². The van der Waals surface area contributed by atoms with Crippen molar-refractivity contribution < 1.29 is 4.79 Å². The van der Waals surface area contributed by atoms with Gasteiger partial charge < -0.3 is 10.2 Å². The van der Waals surface area contributed by atoms with Gasteiger partial charge in [0.2, 0.25) is 5.91 Å². The van der Waals surface area contributed by atoms with Crippen LogP contribution in [0.25, 0.3) is 0 Å². The van der Waals surface area contributed by atoms with Crippen molar-refractivity contribution in [2.24, 2.45) is 5.92 Å². The Morgan fingerprint density at radius 1 is 1.53 bits per heavy atom. The lowest BCUT2D eigenvalue weighted by molar-refractivity contribution is -0.138. The highest BCUT2D eigenvalue weighted by atomic mass is 16.2. The summed E-state index contributed by atoms with van der Waals surface area (Å²) >= 11 is 0. The molecule has 17 heavy (non-hydrogen) atoms. The minimum Gasteiger partial charge on any atom is -0.364 e. The monoisotopic (exact) mass is 233 g/mol. The second-order valence-electron chi connectivity index (χ2n) is 4.96. The average Bonchev–Trinajstić information content (AvgIpc) is 2.22. The van der Waals surface area contributed by atoms with E-state index in [1.165, 1.54) is 5.56 Å². The number of hydrogen-bond donors (Lipinski definition) is 1. The molecule has 2 heterocycles. The molecule has 0 saturated carbocycles. The molecule has 0 unspecified atom stereocenters. The van der Waals surface area contributed by atoms with Crippen LogP contribution in [-0.2, 0) is 4.79 Å². The number of likely N-dealkylation sites (tertiary alicyclic amines) is 1. The van der Waals surface area contributed by atoms with Crippen LogP contribution in [0.3, 0.4) is 0 Å². The van der Waals surface area contributed by atoms with Crippen LogP contribution in [0.2, 0.25) is 0 Å². The van der Waals surface area contributed by atoms with E-state index in [0.717, 1.165) is 18.9 Å². The molecule has 4 nitrogen and oxygen atoms in total. The van der Waals surface area contributed by atoms with E-state index in [9.17, 15) is 4.79 Å². The maximum Gasteiger partial charge on any atom is 0.225 e. The van der Waals surface area contributed by atoms with Crippen molar-refractivity contribution in [3.8, 4) is 0 Å². The Balaban J connectivity index is 1.83. The Morgan fingerprint density at radius 2 is 2.24 bits per heavy atom. The molecule has 1 fully saturated rings. The Hall–Kier alpha value is -1.58. The van der Waals surface area contributed by atoms with E-state index in [-0.39, 0.29) is 11.8 Å². The summed E-state index contributed by atoms with van der Waals surface area (Å²) in [5.74, 6) is 1.22. The van der Waals surface area contributed by atoms with E-state index >= 15 is 0 Å². The van der Waals surface area contributed by atoms with E-state index in [0.29, 0.717) is 6.04 Å². The van der Waals surface area contributed by atoms with E-state index in [2.05, 4.69) is 10.3 Å². The minimum atomic E-state index is 0.0908. The first-order chi connectivity index (χ1) is 8.06. The molecule has 2 rings (SSSR count). The van der Waals surface area contributed by atoms with Crippen molar-refractivity contribution in [3.63, 3.8) is 0 Å². The summed E-state index contributed by atoms with van der Waals surface area (Å²) in [7, 11) is 0. The number of pyridine rings is 1. The maximum atomic E-state index is 11.7. The molecule has 1 aliphatic heterocycles. The zero-order valence-electron chi connectivity index (χ0n) is 10.6. The number of carbonyl (C=O) groups is 1. The van der Waals surface area contributed by atoms with Crippen LogP contribution in [0.15, 0.2) is 18.3 Å². The van der Waals surface area contributed by atoms with Crippen molar-refractivity contribution in [2.75, 3.05) is 18.4 Å². The van der Waals surface area contributed by atoms with E-state index in [4.69, 9.17) is 0 Å². The summed E-state index contributed by atoms with van der Waals surface area (Å²) in [5, 5.41) is 3.34. The Morgan fingerprint density at radius 3 is 2.82 bits per heavy atom. The van der Waals surface area contributed by atoms with Gasteiger partial charge in [0.1, 0.15) is 5.82 Å². The van der Waals surface area contributed by atoms with E-state index < -0.39 is 0 Å². The molecule has 1 amide bonds. The van der Waals surface area contributed by atoms with Crippen LogP contribution in [0.5, 0.6) is 0 Å². The molecule has 92 valence electrons. The topological polar surface area (TPSA) is 45.2 Å². The first kappa shape index (κ1) is 11.9. The number of aromatic nitrogens is 1. The molecular weight excluding hydrogens is 214 g/mol. The first-order valence-corrected chi connectivity index (χ1v) is 6.04. The smallest absolute Gasteiger partial charge is 0.225 e. The highest BCUT2D eigenvalue weighted by Gasteiger charge is 2.31. The van der Waals surface area contributed by atoms with Crippen molar-refractivity contribution in [3.05, 3.63) is 23.9 Å². The van der Waals surface area contributed by atoms with Crippen molar-refractivity contribution in [1.29, 1.82) is 0 Å². The van der Waals surface area contributed by atoms with E-state index in [1.807, 2.05) is 37.8 Å². The molecule has 0 bridgehead atoms. The second kappa shape index (κ2) is 4.73. The number of aryl methyl sites for hydroxylation is 1. The van der Waals surface area contributed by atoms with E-state index in [1.54, 1.807) is 6.20 Å². The van der Waals surface area contributed by atoms with Gasteiger partial charge in [0, 0.05) is 25.2 Å². The fraction of sp³-hybridized carbons (Fsp3) is 0.538. The van der Waals surface area contributed by atoms with Crippen LogP contribution in [0.1, 0.15) is 19.4 Å². The van der Waals surface area contributed by atoms with Crippen LogP contribution in [0.4, 0.5) is 5.82 Å². The van der Waals surface area contributed by atoms with Gasteiger partial charge in [-0.1, -0.05) is 13.8 Å². The lowest BCUT2D eigenvalue weighted by atomic mass is 10.1. The Kier molecular flexibility index (Phi) is 3.31. The van der Waals surface area contributed by atoms with Crippen LogP contribution >= 0.6 is 0 Å². The van der Waals surface area contributed by atoms with Gasteiger partial charge in [-0.3, -0.25) is 4.79 Å². The molecule has 0 aliphatic carbocycles. The molecular formula is C13H19N3O. The lowest BCUT2D eigenvalue weighted by Crippen LogP contribution is -2.58. The number of hydrogen-bond acceptors (Lipinski definition) is 3. The fourth-order valence-corrected chi connectivity index (χ4v) is 1.94. The quantitative estimate of drug-likeness (QED) is 0.863. The lowest BCUT2D eigenvalue weighted by Gasteiger charge is -2.40. The molecule has 0 aromatic carbocycles. The number of amides is 1. The Bertz CT molecular complexity index is 411. The number of nitrogens with one attached hydrogen (secondary N) is 1. The summed E-state index contributed by atoms with van der Waals surface area (Å²) in [6.07, 6.45) is 1.80. The third-order valence-electron chi connectivity index (χ3n) is 2.95. The van der Waals surface area contributed by atoms with Gasteiger partial charge in [0.25, 0.3) is 0 Å². The van der Waals surface area contributed by atoms with Gasteiger partial charge in [-0.2, -0.15) is 0 Å². The minimum absolute atomic E-state index is 0.0908. The third-order valence-corrected chi connectivity index (χ3v) is 2.95. The normalized spacial score (nSPS) is 15.9. The molecule has 1 N–H and O–H groups in total. The van der Waals surface area contributed by atoms with Gasteiger partial charge in [0.05, 0.1) is 6.04 Å². The van der Waals surface area contributed by atoms with Gasteiger partial charge in [-0.05, 0) is 24.6 Å². The molecule has 4 heteroatoms. The molecule has 1 saturated heterocycles. The number of nitrogens with zero attached hydrogens (tertiary/aromatic N) is 2. The van der Waals surface area contributed by atoms with Gasteiger partial charge in [-0.15, -0.1) is 0 Å². The van der Waals surface area contributed by atoms with Crippen molar-refractivity contribution in [2.45, 2.75) is 26.8 Å². The van der Waals surface area contributed by atoms with Crippen molar-refractivity contribution in [1.82, 2.24) is 9.88 Å². The van der Waals surface area contributed by atoms with Gasteiger partial charge in [0.15, 0.2) is 0 Å². The largest absolute Gasteiger partial charge is 0.364 e. The van der Waals surface area contributed by atoms with Gasteiger partial charge in [-0.25, -0.2) is 4.98 Å². The zero-order valence-corrected chi connectivity index (χ0v) is 10.6. The summed E-state index contributed by atoms with van der Waals surface area (Å²) in [6, 6.07) is 4.33. The summed E-state index contributed by atoms with van der Waals surface area (Å²) in [5.41, 5.74) is 1.19. The van der Waals surface area contributed by atoms with Crippen LogP contribution < -0.4 is 5.32 Å². The number of anilines is 1. The highest BCUT2D eigenvalue weighted by molar-refractivity contribution is 5.79. The zero-order chi connectivity index (χ0) is 12.4.